The molecule has 2 aromatic carbocycles. The van der Waals surface area contributed by atoms with E-state index in [4.69, 9.17) is 0 Å². The van der Waals surface area contributed by atoms with Crippen LogP contribution in [0, 0.1) is 12.9 Å². The van der Waals surface area contributed by atoms with E-state index in [-0.39, 0.29) is 23.6 Å². The third-order valence-electron chi connectivity index (χ3n) is 5.07. The fraction of sp³-hybridized carbons (Fsp3) is 0.125. The van der Waals surface area contributed by atoms with Crippen LogP contribution in [0.5, 0.6) is 0 Å². The van der Waals surface area contributed by atoms with Crippen LogP contribution < -0.4 is 10.6 Å². The van der Waals surface area contributed by atoms with Crippen LogP contribution in [0.2, 0.25) is 0 Å². The second kappa shape index (κ2) is 8.79. The van der Waals surface area contributed by atoms with Crippen molar-refractivity contribution >= 4 is 22.6 Å². The van der Waals surface area contributed by atoms with Gasteiger partial charge >= 0.3 is 0 Å². The van der Waals surface area contributed by atoms with E-state index in [0.29, 0.717) is 5.69 Å². The number of carbonyl (C=O) groups excluding carboxylic acids is 2. The minimum Gasteiger partial charge on any atom is -0.357 e. The maximum Gasteiger partial charge on any atom is 0.267 e. The molecule has 31 heavy (non-hydrogen) atoms. The first-order valence-corrected chi connectivity index (χ1v) is 9.84. The number of aromatic nitrogens is 2. The number of amides is 2. The number of nitrogens with one attached hydrogen (secondary N) is 3. The number of rotatable bonds is 6. The Morgan fingerprint density at radius 2 is 1.84 bits per heavy atom. The van der Waals surface area contributed by atoms with Gasteiger partial charge < -0.3 is 15.6 Å². The van der Waals surface area contributed by atoms with Gasteiger partial charge in [-0.3, -0.25) is 9.59 Å². The molecule has 0 bridgehead atoms. The van der Waals surface area contributed by atoms with Gasteiger partial charge in [0.15, 0.2) is 0 Å². The van der Waals surface area contributed by atoms with Crippen LogP contribution in [0.15, 0.2) is 73.1 Å². The molecular formula is C24H21FN4O2. The first-order chi connectivity index (χ1) is 15.0. The molecule has 4 aromatic rings. The van der Waals surface area contributed by atoms with E-state index in [2.05, 4.69) is 20.6 Å². The van der Waals surface area contributed by atoms with E-state index in [0.717, 1.165) is 16.3 Å². The molecule has 0 saturated carbocycles. The van der Waals surface area contributed by atoms with Crippen LogP contribution in [0.25, 0.3) is 10.8 Å². The van der Waals surface area contributed by atoms with Gasteiger partial charge in [0, 0.05) is 24.5 Å². The molecule has 0 aliphatic carbocycles. The molecule has 2 aromatic heterocycles. The van der Waals surface area contributed by atoms with Crippen molar-refractivity contribution in [3.05, 3.63) is 101 Å². The molecule has 0 aliphatic heterocycles. The number of halogens is 1. The van der Waals surface area contributed by atoms with Crippen molar-refractivity contribution in [1.82, 2.24) is 20.6 Å². The molecule has 0 aliphatic rings. The van der Waals surface area contributed by atoms with Gasteiger partial charge in [0.1, 0.15) is 5.69 Å². The number of carbonyl (C=O) groups is 2. The lowest BCUT2D eigenvalue weighted by molar-refractivity contribution is 0.0906. The number of aromatic amines is 1. The Hall–Kier alpha value is -4.00. The Morgan fingerprint density at radius 1 is 1.03 bits per heavy atom. The van der Waals surface area contributed by atoms with Crippen LogP contribution >= 0.6 is 0 Å². The predicted molar refractivity (Wildman–Crippen MR) is 116 cm³/mol. The molecule has 7 heteroatoms. The number of hydrogen-bond acceptors (Lipinski definition) is 3. The maximum atomic E-state index is 13.5. The second-order valence-electron chi connectivity index (χ2n) is 7.26. The zero-order valence-electron chi connectivity index (χ0n) is 16.9. The molecule has 3 N–H and O–H groups in total. The van der Waals surface area contributed by atoms with E-state index in [1.165, 1.54) is 12.3 Å². The first-order valence-electron chi connectivity index (χ1n) is 9.84. The van der Waals surface area contributed by atoms with Gasteiger partial charge in [0.2, 0.25) is 5.95 Å². The summed E-state index contributed by atoms with van der Waals surface area (Å²) in [5, 5.41) is 7.88. The van der Waals surface area contributed by atoms with Crippen molar-refractivity contribution in [2.75, 3.05) is 6.54 Å². The third-order valence-corrected chi connectivity index (χ3v) is 5.07. The predicted octanol–water partition coefficient (Wildman–Crippen LogP) is 3.91. The number of fused-ring (bicyclic) bond motifs is 1. The number of hydrogen-bond donors (Lipinski definition) is 3. The lowest BCUT2D eigenvalue weighted by atomic mass is 10.0. The Balaban J connectivity index is 1.59. The molecule has 156 valence electrons. The third kappa shape index (κ3) is 4.61. The van der Waals surface area contributed by atoms with E-state index < -0.39 is 17.9 Å². The molecule has 2 heterocycles. The highest BCUT2D eigenvalue weighted by molar-refractivity contribution is 5.95. The zero-order valence-corrected chi connectivity index (χ0v) is 16.9. The van der Waals surface area contributed by atoms with Gasteiger partial charge in [0.05, 0.1) is 11.6 Å². The smallest absolute Gasteiger partial charge is 0.267 e. The number of aryl methyl sites for hydroxylation is 1. The van der Waals surface area contributed by atoms with Crippen LogP contribution in [0.3, 0.4) is 0 Å². The van der Waals surface area contributed by atoms with Crippen molar-refractivity contribution in [3.63, 3.8) is 0 Å². The van der Waals surface area contributed by atoms with E-state index in [9.17, 15) is 14.0 Å². The molecule has 2 amide bonds. The average Bonchev–Trinajstić information content (AvgIpc) is 3.33. The minimum absolute atomic E-state index is 0.176. The van der Waals surface area contributed by atoms with Gasteiger partial charge in [-0.1, -0.05) is 36.4 Å². The molecule has 0 saturated heterocycles. The van der Waals surface area contributed by atoms with E-state index >= 15 is 0 Å². The van der Waals surface area contributed by atoms with Crippen LogP contribution in [-0.2, 0) is 0 Å². The first kappa shape index (κ1) is 20.3. The summed E-state index contributed by atoms with van der Waals surface area (Å²) in [7, 11) is 0. The van der Waals surface area contributed by atoms with Crippen LogP contribution in [0.4, 0.5) is 4.39 Å². The molecule has 0 fully saturated rings. The monoisotopic (exact) mass is 416 g/mol. The van der Waals surface area contributed by atoms with E-state index in [1.807, 2.05) is 42.5 Å². The summed E-state index contributed by atoms with van der Waals surface area (Å²) >= 11 is 0. The summed E-state index contributed by atoms with van der Waals surface area (Å²) in [6.07, 6.45) is 2.87. The Labute approximate surface area is 178 Å². The van der Waals surface area contributed by atoms with Crippen molar-refractivity contribution in [3.8, 4) is 0 Å². The Morgan fingerprint density at radius 3 is 2.58 bits per heavy atom. The summed E-state index contributed by atoms with van der Waals surface area (Å²) in [4.78, 5) is 31.7. The Bertz CT molecular complexity index is 1240. The summed E-state index contributed by atoms with van der Waals surface area (Å²) in [5.74, 6) is -1.28. The summed E-state index contributed by atoms with van der Waals surface area (Å²) in [6.45, 7) is 1.73. The molecule has 1 unspecified atom stereocenters. The molecule has 0 spiro atoms. The summed E-state index contributed by atoms with van der Waals surface area (Å²) in [5.41, 5.74) is 1.81. The standard InChI is InChI=1S/C24H21FN4O2/c1-15-11-19(13-27-22(15)25)23(30)29-21(14-28-24(31)20-7-4-10-26-20)18-9-8-16-5-2-3-6-17(16)12-18/h2-13,21,26H,14H2,1H3,(H,28,31)(H,29,30). The number of H-pyrrole nitrogens is 1. The van der Waals surface area contributed by atoms with Gasteiger partial charge in [-0.2, -0.15) is 4.39 Å². The maximum absolute atomic E-state index is 13.5. The fourth-order valence-corrected chi connectivity index (χ4v) is 3.36. The fourth-order valence-electron chi connectivity index (χ4n) is 3.36. The minimum atomic E-state index is -0.610. The molecular weight excluding hydrogens is 395 g/mol. The highest BCUT2D eigenvalue weighted by atomic mass is 19.1. The topological polar surface area (TPSA) is 86.9 Å². The van der Waals surface area contributed by atoms with Crippen molar-refractivity contribution in [1.29, 1.82) is 0 Å². The van der Waals surface area contributed by atoms with Gasteiger partial charge in [-0.25, -0.2) is 4.98 Å². The molecule has 0 radical (unpaired) electrons. The summed E-state index contributed by atoms with van der Waals surface area (Å²) in [6, 6.07) is 18.1. The SMILES string of the molecule is Cc1cc(C(=O)NC(CNC(=O)c2ccc[nH]2)c2ccc3ccccc3c2)cnc1F. The molecule has 4 rings (SSSR count). The number of nitrogens with zero attached hydrogens (tertiary/aromatic N) is 1. The van der Waals surface area contributed by atoms with Gasteiger partial charge in [-0.05, 0) is 47.5 Å². The Kier molecular flexibility index (Phi) is 5.75. The molecule has 1 atom stereocenters. The normalized spacial score (nSPS) is 11.8. The largest absolute Gasteiger partial charge is 0.357 e. The summed E-state index contributed by atoms with van der Waals surface area (Å²) < 4.78 is 13.5. The second-order valence-corrected chi connectivity index (χ2v) is 7.26. The van der Waals surface area contributed by atoms with E-state index in [1.54, 1.807) is 25.3 Å². The van der Waals surface area contributed by atoms with Crippen molar-refractivity contribution < 1.29 is 14.0 Å². The van der Waals surface area contributed by atoms with Gasteiger partial charge in [-0.15, -0.1) is 0 Å². The lowest BCUT2D eigenvalue weighted by Gasteiger charge is -2.20. The van der Waals surface area contributed by atoms with Gasteiger partial charge in [0.25, 0.3) is 11.8 Å². The number of pyridine rings is 1. The molecule has 6 nitrogen and oxygen atoms in total. The highest BCUT2D eigenvalue weighted by Gasteiger charge is 2.19. The number of benzene rings is 2. The lowest BCUT2D eigenvalue weighted by Crippen LogP contribution is -2.38. The van der Waals surface area contributed by atoms with Crippen LogP contribution in [0.1, 0.15) is 38.0 Å². The zero-order chi connectivity index (χ0) is 21.8. The average molecular weight is 416 g/mol. The quantitative estimate of drug-likeness (QED) is 0.417. The van der Waals surface area contributed by atoms with Crippen LogP contribution in [-0.4, -0.2) is 28.3 Å². The van der Waals surface area contributed by atoms with Crippen molar-refractivity contribution in [2.24, 2.45) is 0 Å². The highest BCUT2D eigenvalue weighted by Crippen LogP contribution is 2.21. The van der Waals surface area contributed by atoms with Crippen molar-refractivity contribution in [2.45, 2.75) is 13.0 Å².